The number of carbonyl (C=O) groups is 1. The molecule has 2 aromatic heterocycles. The maximum absolute atomic E-state index is 12.7. The summed E-state index contributed by atoms with van der Waals surface area (Å²) in [5.41, 5.74) is 3.04. The number of benzene rings is 1. The third kappa shape index (κ3) is 3.28. The van der Waals surface area contributed by atoms with Crippen molar-refractivity contribution in [2.75, 3.05) is 18.9 Å². The summed E-state index contributed by atoms with van der Waals surface area (Å²) in [5, 5.41) is 1.07. The molecule has 0 unspecified atom stereocenters. The molecular weight excluding hydrogens is 338 g/mol. The number of aromatic nitrogens is 1. The molecular formula is C22H27N3O2. The average molecular weight is 365 g/mol. The van der Waals surface area contributed by atoms with Gasteiger partial charge in [0.05, 0.1) is 11.8 Å². The van der Waals surface area contributed by atoms with Gasteiger partial charge in [-0.15, -0.1) is 0 Å². The molecule has 0 radical (unpaired) electrons. The zero-order chi connectivity index (χ0) is 19.2. The molecule has 1 aromatic carbocycles. The van der Waals surface area contributed by atoms with Gasteiger partial charge in [-0.05, 0) is 88.5 Å². The van der Waals surface area contributed by atoms with Crippen molar-refractivity contribution in [1.82, 2.24) is 9.58 Å². The van der Waals surface area contributed by atoms with Crippen LogP contribution in [0.5, 0.6) is 0 Å². The van der Waals surface area contributed by atoms with Gasteiger partial charge in [-0.1, -0.05) is 0 Å². The van der Waals surface area contributed by atoms with Crippen molar-refractivity contribution in [3.63, 3.8) is 0 Å². The van der Waals surface area contributed by atoms with Crippen molar-refractivity contribution in [3.05, 3.63) is 59.7 Å². The lowest BCUT2D eigenvalue weighted by Crippen LogP contribution is -2.45. The minimum absolute atomic E-state index is 0.0971. The SMILES string of the molecule is CC(C)(C)N1CCC(c2cn(N)c3ccc(C(=O)c4ccco4)cc23)CC1. The van der Waals surface area contributed by atoms with Gasteiger partial charge in [-0.3, -0.25) is 14.4 Å². The predicted octanol–water partition coefficient (Wildman–Crippen LogP) is 4.16. The maximum Gasteiger partial charge on any atom is 0.228 e. The molecule has 1 fully saturated rings. The molecule has 5 heteroatoms. The van der Waals surface area contributed by atoms with Gasteiger partial charge in [-0.25, -0.2) is 0 Å². The molecule has 2 N–H and O–H groups in total. The molecule has 1 saturated heterocycles. The quantitative estimate of drug-likeness (QED) is 0.559. The van der Waals surface area contributed by atoms with Crippen LogP contribution < -0.4 is 5.84 Å². The van der Waals surface area contributed by atoms with Crippen LogP contribution in [-0.4, -0.2) is 34.0 Å². The number of hydrogen-bond donors (Lipinski definition) is 1. The molecule has 0 amide bonds. The summed E-state index contributed by atoms with van der Waals surface area (Å²) >= 11 is 0. The number of piperidine rings is 1. The Hall–Kier alpha value is -2.53. The third-order valence-corrected chi connectivity index (χ3v) is 5.75. The second-order valence-corrected chi connectivity index (χ2v) is 8.46. The molecule has 27 heavy (non-hydrogen) atoms. The van der Waals surface area contributed by atoms with Crippen LogP contribution in [0.2, 0.25) is 0 Å². The third-order valence-electron chi connectivity index (χ3n) is 5.75. The average Bonchev–Trinajstić information content (AvgIpc) is 3.29. The first kappa shape index (κ1) is 17.9. The number of likely N-dealkylation sites (tertiary alicyclic amines) is 1. The van der Waals surface area contributed by atoms with E-state index in [1.165, 1.54) is 11.8 Å². The van der Waals surface area contributed by atoms with E-state index in [4.69, 9.17) is 10.3 Å². The van der Waals surface area contributed by atoms with Crippen LogP contribution in [0.4, 0.5) is 0 Å². The van der Waals surface area contributed by atoms with Gasteiger partial charge in [0.15, 0.2) is 5.76 Å². The molecule has 0 atom stereocenters. The van der Waals surface area contributed by atoms with Crippen LogP contribution in [0.1, 0.15) is 61.2 Å². The minimum Gasteiger partial charge on any atom is -0.461 e. The minimum atomic E-state index is -0.0971. The first-order chi connectivity index (χ1) is 12.8. The van der Waals surface area contributed by atoms with E-state index >= 15 is 0 Å². The number of nitrogen functional groups attached to an aromatic ring is 1. The highest BCUT2D eigenvalue weighted by molar-refractivity contribution is 6.09. The van der Waals surface area contributed by atoms with Crippen LogP contribution >= 0.6 is 0 Å². The highest BCUT2D eigenvalue weighted by Gasteiger charge is 2.29. The predicted molar refractivity (Wildman–Crippen MR) is 108 cm³/mol. The van der Waals surface area contributed by atoms with Crippen molar-refractivity contribution < 1.29 is 9.21 Å². The first-order valence-corrected chi connectivity index (χ1v) is 9.58. The number of carbonyl (C=O) groups excluding carboxylic acids is 1. The fourth-order valence-corrected chi connectivity index (χ4v) is 4.16. The van der Waals surface area contributed by atoms with E-state index in [1.54, 1.807) is 16.8 Å². The number of ketones is 1. The van der Waals surface area contributed by atoms with Crippen molar-refractivity contribution in [2.24, 2.45) is 0 Å². The van der Waals surface area contributed by atoms with Crippen molar-refractivity contribution in [2.45, 2.75) is 45.1 Å². The number of hydrogen-bond acceptors (Lipinski definition) is 4. The molecule has 4 rings (SSSR count). The lowest BCUT2D eigenvalue weighted by Gasteiger charge is -2.40. The van der Waals surface area contributed by atoms with Gasteiger partial charge < -0.3 is 10.3 Å². The molecule has 3 aromatic rings. The largest absolute Gasteiger partial charge is 0.461 e. The Labute approximate surface area is 159 Å². The van der Waals surface area contributed by atoms with E-state index in [0.29, 0.717) is 17.2 Å². The van der Waals surface area contributed by atoms with Gasteiger partial charge in [0.25, 0.3) is 0 Å². The number of furan rings is 1. The van der Waals surface area contributed by atoms with Gasteiger partial charge in [0.1, 0.15) is 0 Å². The Balaban J connectivity index is 1.66. The van der Waals surface area contributed by atoms with Crippen LogP contribution in [0.3, 0.4) is 0 Å². The van der Waals surface area contributed by atoms with Crippen molar-refractivity contribution >= 4 is 16.7 Å². The Morgan fingerprint density at radius 2 is 1.93 bits per heavy atom. The molecule has 0 spiro atoms. The van der Waals surface area contributed by atoms with Crippen molar-refractivity contribution in [3.8, 4) is 0 Å². The second kappa shape index (κ2) is 6.57. The molecule has 0 saturated carbocycles. The molecule has 1 aliphatic rings. The van der Waals surface area contributed by atoms with Crippen LogP contribution in [0, 0.1) is 0 Å². The second-order valence-electron chi connectivity index (χ2n) is 8.46. The summed E-state index contributed by atoms with van der Waals surface area (Å²) < 4.78 is 6.95. The summed E-state index contributed by atoms with van der Waals surface area (Å²) in [5.74, 6) is 6.93. The Morgan fingerprint density at radius 3 is 2.56 bits per heavy atom. The van der Waals surface area contributed by atoms with Crippen LogP contribution in [0.15, 0.2) is 47.2 Å². The highest BCUT2D eigenvalue weighted by Crippen LogP contribution is 2.36. The molecule has 1 aliphatic heterocycles. The van der Waals surface area contributed by atoms with Gasteiger partial charge >= 0.3 is 0 Å². The van der Waals surface area contributed by atoms with Gasteiger partial charge in [0.2, 0.25) is 5.78 Å². The Kier molecular flexibility index (Phi) is 4.35. The van der Waals surface area contributed by atoms with E-state index in [0.717, 1.165) is 36.8 Å². The van der Waals surface area contributed by atoms with E-state index in [1.807, 2.05) is 24.4 Å². The summed E-state index contributed by atoms with van der Waals surface area (Å²) in [6.07, 6.45) is 5.76. The molecule has 3 heterocycles. The van der Waals surface area contributed by atoms with Gasteiger partial charge in [0, 0.05) is 22.7 Å². The standard InChI is InChI=1S/C22H27N3O2/c1-22(2,3)24-10-8-15(9-11-24)18-14-25(23)19-7-6-16(13-17(18)19)21(26)20-5-4-12-27-20/h4-7,12-15H,8-11,23H2,1-3H3. The zero-order valence-electron chi connectivity index (χ0n) is 16.2. The van der Waals surface area contributed by atoms with E-state index in [2.05, 4.69) is 25.7 Å². The summed E-state index contributed by atoms with van der Waals surface area (Å²) in [6, 6.07) is 9.15. The van der Waals surface area contributed by atoms with Crippen LogP contribution in [-0.2, 0) is 0 Å². The highest BCUT2D eigenvalue weighted by atomic mass is 16.3. The normalized spacial score (nSPS) is 16.9. The first-order valence-electron chi connectivity index (χ1n) is 9.58. The van der Waals surface area contributed by atoms with Crippen molar-refractivity contribution in [1.29, 1.82) is 0 Å². The van der Waals surface area contributed by atoms with Crippen LogP contribution in [0.25, 0.3) is 10.9 Å². The Morgan fingerprint density at radius 1 is 1.19 bits per heavy atom. The molecule has 0 aliphatic carbocycles. The lowest BCUT2D eigenvalue weighted by molar-refractivity contribution is 0.101. The summed E-state index contributed by atoms with van der Waals surface area (Å²) in [7, 11) is 0. The van der Waals surface area contributed by atoms with Gasteiger partial charge in [-0.2, -0.15) is 0 Å². The fourth-order valence-electron chi connectivity index (χ4n) is 4.16. The fraction of sp³-hybridized carbons (Fsp3) is 0.409. The number of nitrogens with zero attached hydrogens (tertiary/aromatic N) is 2. The molecule has 5 nitrogen and oxygen atoms in total. The lowest BCUT2D eigenvalue weighted by atomic mass is 9.87. The number of rotatable bonds is 3. The topological polar surface area (TPSA) is 64.4 Å². The number of fused-ring (bicyclic) bond motifs is 1. The summed E-state index contributed by atoms with van der Waals surface area (Å²) in [4.78, 5) is 15.2. The molecule has 0 bridgehead atoms. The smallest absolute Gasteiger partial charge is 0.228 e. The van der Waals surface area contributed by atoms with E-state index in [9.17, 15) is 4.79 Å². The Bertz CT molecular complexity index is 956. The maximum atomic E-state index is 12.7. The zero-order valence-corrected chi connectivity index (χ0v) is 16.2. The number of nitrogens with two attached hydrogens (primary N) is 1. The summed E-state index contributed by atoms with van der Waals surface area (Å²) in [6.45, 7) is 8.97. The molecule has 142 valence electrons. The van der Waals surface area contributed by atoms with E-state index < -0.39 is 0 Å². The monoisotopic (exact) mass is 365 g/mol. The van der Waals surface area contributed by atoms with E-state index in [-0.39, 0.29) is 11.3 Å².